The van der Waals surface area contributed by atoms with Gasteiger partial charge in [-0.25, -0.2) is 4.98 Å². The van der Waals surface area contributed by atoms with Gasteiger partial charge < -0.3 is 9.73 Å². The highest BCUT2D eigenvalue weighted by Crippen LogP contribution is 2.30. The summed E-state index contributed by atoms with van der Waals surface area (Å²) >= 11 is 17.6. The van der Waals surface area contributed by atoms with Gasteiger partial charge in [-0.05, 0) is 67.2 Å². The van der Waals surface area contributed by atoms with Crippen molar-refractivity contribution in [2.45, 2.75) is 6.92 Å². The zero-order valence-corrected chi connectivity index (χ0v) is 17.9. The van der Waals surface area contributed by atoms with Gasteiger partial charge >= 0.3 is 0 Å². The number of hydrogen-bond donors (Lipinski definition) is 2. The maximum Gasteiger partial charge on any atom is 0.257 e. The Morgan fingerprint density at radius 1 is 1.10 bits per heavy atom. The second-order valence-electron chi connectivity index (χ2n) is 6.41. The van der Waals surface area contributed by atoms with Crippen LogP contribution in [0, 0.1) is 6.92 Å². The van der Waals surface area contributed by atoms with Gasteiger partial charge in [-0.2, -0.15) is 4.98 Å². The standard InChI is InChI=1S/C21H14Cl2N4O2S/c1-11-4-5-12(9-15(11)23)19(28)27-21(30)25-16-10-13(6-7-14(16)22)20-26-18-17(29-20)3-2-8-24-18/h2-10H,1H3,(H2,25,27,28,30). The van der Waals surface area contributed by atoms with Crippen molar-refractivity contribution >= 4 is 63.4 Å². The van der Waals surface area contributed by atoms with Gasteiger partial charge in [-0.1, -0.05) is 29.3 Å². The van der Waals surface area contributed by atoms with Crippen LogP contribution in [0.4, 0.5) is 5.69 Å². The molecule has 1 amide bonds. The normalized spacial score (nSPS) is 10.8. The van der Waals surface area contributed by atoms with Crippen molar-refractivity contribution in [3.8, 4) is 11.5 Å². The molecular formula is C21H14Cl2N4O2S. The number of aromatic nitrogens is 2. The molecule has 150 valence electrons. The van der Waals surface area contributed by atoms with Gasteiger partial charge in [0.15, 0.2) is 16.3 Å². The fraction of sp³-hybridized carbons (Fsp3) is 0.0476. The van der Waals surface area contributed by atoms with E-state index >= 15 is 0 Å². The van der Waals surface area contributed by atoms with Crippen LogP contribution in [0.1, 0.15) is 15.9 Å². The molecule has 0 atom stereocenters. The predicted octanol–water partition coefficient (Wildman–Crippen LogP) is 5.63. The molecule has 2 aromatic heterocycles. The van der Waals surface area contributed by atoms with E-state index in [9.17, 15) is 4.79 Å². The number of thiocarbonyl (C=S) groups is 1. The number of hydrogen-bond acceptors (Lipinski definition) is 5. The summed E-state index contributed by atoms with van der Waals surface area (Å²) in [7, 11) is 0. The van der Waals surface area contributed by atoms with E-state index in [0.717, 1.165) is 5.56 Å². The van der Waals surface area contributed by atoms with Gasteiger partial charge in [-0.15, -0.1) is 0 Å². The predicted molar refractivity (Wildman–Crippen MR) is 122 cm³/mol. The SMILES string of the molecule is Cc1ccc(C(=O)NC(=S)Nc2cc(-c3nc4ncccc4o3)ccc2Cl)cc1Cl. The van der Waals surface area contributed by atoms with Crippen LogP contribution < -0.4 is 10.6 Å². The van der Waals surface area contributed by atoms with Gasteiger partial charge in [0.2, 0.25) is 5.89 Å². The number of aryl methyl sites for hydroxylation is 1. The highest BCUT2D eigenvalue weighted by Gasteiger charge is 2.14. The zero-order chi connectivity index (χ0) is 21.3. The van der Waals surface area contributed by atoms with Crippen molar-refractivity contribution in [2.24, 2.45) is 0 Å². The zero-order valence-electron chi connectivity index (χ0n) is 15.6. The van der Waals surface area contributed by atoms with E-state index in [1.165, 1.54) is 0 Å². The van der Waals surface area contributed by atoms with Crippen LogP contribution in [0.25, 0.3) is 22.7 Å². The topological polar surface area (TPSA) is 80.0 Å². The first-order chi connectivity index (χ1) is 14.4. The molecule has 6 nitrogen and oxygen atoms in total. The van der Waals surface area contributed by atoms with Gasteiger partial charge in [-0.3, -0.25) is 10.1 Å². The molecule has 2 aromatic carbocycles. The summed E-state index contributed by atoms with van der Waals surface area (Å²) in [6.45, 7) is 1.86. The number of rotatable bonds is 3. The van der Waals surface area contributed by atoms with Crippen LogP contribution >= 0.6 is 35.4 Å². The number of halogens is 2. The second kappa shape index (κ2) is 8.39. The number of nitrogens with zero attached hydrogens (tertiary/aromatic N) is 2. The van der Waals surface area contributed by atoms with Crippen molar-refractivity contribution < 1.29 is 9.21 Å². The summed E-state index contributed by atoms with van der Waals surface area (Å²) in [6, 6.07) is 13.8. The Morgan fingerprint density at radius 3 is 2.70 bits per heavy atom. The Morgan fingerprint density at radius 2 is 1.93 bits per heavy atom. The molecule has 0 aliphatic rings. The molecule has 4 rings (SSSR count). The highest BCUT2D eigenvalue weighted by molar-refractivity contribution is 7.80. The van der Waals surface area contributed by atoms with Crippen LogP contribution in [-0.2, 0) is 0 Å². The number of carbonyl (C=O) groups excluding carboxylic acids is 1. The molecule has 0 spiro atoms. The Labute approximate surface area is 187 Å². The van der Waals surface area contributed by atoms with Crippen molar-refractivity contribution in [3.63, 3.8) is 0 Å². The van der Waals surface area contributed by atoms with Gasteiger partial charge in [0.1, 0.15) is 0 Å². The maximum atomic E-state index is 12.4. The van der Waals surface area contributed by atoms with Gasteiger partial charge in [0.25, 0.3) is 5.91 Å². The largest absolute Gasteiger partial charge is 0.434 e. The minimum atomic E-state index is -0.383. The molecule has 9 heteroatoms. The van der Waals surface area contributed by atoms with Crippen LogP contribution in [0.3, 0.4) is 0 Å². The van der Waals surface area contributed by atoms with Crippen LogP contribution in [0.5, 0.6) is 0 Å². The minimum Gasteiger partial charge on any atom is -0.434 e. The average Bonchev–Trinajstić information content (AvgIpc) is 3.16. The lowest BCUT2D eigenvalue weighted by Gasteiger charge is -2.12. The van der Waals surface area contributed by atoms with E-state index in [1.54, 1.807) is 54.7 Å². The summed E-state index contributed by atoms with van der Waals surface area (Å²) in [5, 5.41) is 6.56. The molecule has 0 unspecified atom stereocenters. The lowest BCUT2D eigenvalue weighted by Crippen LogP contribution is -2.34. The minimum absolute atomic E-state index is 0.0926. The first kappa shape index (κ1) is 20.3. The smallest absolute Gasteiger partial charge is 0.257 e. The molecule has 0 radical (unpaired) electrons. The van der Waals surface area contributed by atoms with E-state index in [2.05, 4.69) is 20.6 Å². The van der Waals surface area contributed by atoms with Crippen molar-refractivity contribution in [3.05, 3.63) is 75.9 Å². The third kappa shape index (κ3) is 4.28. The van der Waals surface area contributed by atoms with Crippen molar-refractivity contribution in [1.29, 1.82) is 0 Å². The molecule has 0 bridgehead atoms. The molecule has 0 saturated heterocycles. The molecule has 0 fully saturated rings. The molecule has 0 aliphatic heterocycles. The summed E-state index contributed by atoms with van der Waals surface area (Å²) in [5.74, 6) is 0.0133. The monoisotopic (exact) mass is 456 g/mol. The number of amides is 1. The molecular weight excluding hydrogens is 443 g/mol. The lowest BCUT2D eigenvalue weighted by molar-refractivity contribution is 0.0977. The summed E-state index contributed by atoms with van der Waals surface area (Å²) in [6.07, 6.45) is 1.64. The first-order valence-electron chi connectivity index (χ1n) is 8.80. The Kier molecular flexibility index (Phi) is 5.67. The molecule has 0 aliphatic carbocycles. The second-order valence-corrected chi connectivity index (χ2v) is 7.63. The fourth-order valence-corrected chi connectivity index (χ4v) is 3.26. The Bertz CT molecular complexity index is 1260. The summed E-state index contributed by atoms with van der Waals surface area (Å²) < 4.78 is 5.74. The quantitative estimate of drug-likeness (QED) is 0.388. The number of carbonyl (C=O) groups is 1. The third-order valence-electron chi connectivity index (χ3n) is 4.29. The van der Waals surface area contributed by atoms with Crippen LogP contribution in [0.2, 0.25) is 10.0 Å². The molecule has 30 heavy (non-hydrogen) atoms. The number of nitrogens with one attached hydrogen (secondary N) is 2. The fourth-order valence-electron chi connectivity index (χ4n) is 2.71. The number of benzene rings is 2. The molecule has 0 saturated carbocycles. The summed E-state index contributed by atoms with van der Waals surface area (Å²) in [5.41, 5.74) is 3.55. The van der Waals surface area contributed by atoms with Gasteiger partial charge in [0, 0.05) is 22.3 Å². The summed E-state index contributed by atoms with van der Waals surface area (Å²) in [4.78, 5) is 21.0. The average molecular weight is 457 g/mol. The number of fused-ring (bicyclic) bond motifs is 1. The number of oxazole rings is 1. The van der Waals surface area contributed by atoms with E-state index in [0.29, 0.717) is 44.0 Å². The first-order valence-corrected chi connectivity index (χ1v) is 9.97. The molecule has 2 heterocycles. The Balaban J connectivity index is 1.52. The van der Waals surface area contributed by atoms with Crippen LogP contribution in [0.15, 0.2) is 59.1 Å². The Hall–Kier alpha value is -3.00. The van der Waals surface area contributed by atoms with Crippen LogP contribution in [-0.4, -0.2) is 21.0 Å². The van der Waals surface area contributed by atoms with Crippen molar-refractivity contribution in [1.82, 2.24) is 15.3 Å². The molecule has 2 N–H and O–H groups in total. The number of pyridine rings is 1. The van der Waals surface area contributed by atoms with E-state index in [4.69, 9.17) is 39.8 Å². The van der Waals surface area contributed by atoms with Gasteiger partial charge in [0.05, 0.1) is 10.7 Å². The maximum absolute atomic E-state index is 12.4. The van der Waals surface area contributed by atoms with Crippen molar-refractivity contribution in [2.75, 3.05) is 5.32 Å². The van der Waals surface area contributed by atoms with E-state index in [1.807, 2.05) is 6.92 Å². The number of anilines is 1. The third-order valence-corrected chi connectivity index (χ3v) is 5.23. The van der Waals surface area contributed by atoms with E-state index in [-0.39, 0.29) is 11.0 Å². The highest BCUT2D eigenvalue weighted by atomic mass is 35.5. The molecule has 4 aromatic rings. The van der Waals surface area contributed by atoms with E-state index < -0.39 is 0 Å². The lowest BCUT2D eigenvalue weighted by atomic mass is 10.1.